The van der Waals surface area contributed by atoms with Gasteiger partial charge in [0.15, 0.2) is 18.2 Å². The van der Waals surface area contributed by atoms with Crippen molar-refractivity contribution in [2.45, 2.75) is 33.2 Å². The van der Waals surface area contributed by atoms with E-state index in [1.165, 1.54) is 12.1 Å². The zero-order chi connectivity index (χ0) is 17.7. The van der Waals surface area contributed by atoms with Crippen molar-refractivity contribution >= 4 is 11.6 Å². The van der Waals surface area contributed by atoms with Crippen molar-refractivity contribution in [2.75, 3.05) is 11.9 Å². The van der Waals surface area contributed by atoms with Gasteiger partial charge in [-0.1, -0.05) is 25.1 Å². The van der Waals surface area contributed by atoms with E-state index in [-0.39, 0.29) is 18.5 Å². The first-order chi connectivity index (χ1) is 11.4. The molecule has 2 aromatic rings. The summed E-state index contributed by atoms with van der Waals surface area (Å²) in [7, 11) is 0. The average Bonchev–Trinajstić information content (AvgIpc) is 2.57. The molecule has 2 aromatic carbocycles. The van der Waals surface area contributed by atoms with Gasteiger partial charge in [-0.3, -0.25) is 4.79 Å². The van der Waals surface area contributed by atoms with Crippen LogP contribution < -0.4 is 10.6 Å². The molecule has 2 rings (SSSR count). The quantitative estimate of drug-likeness (QED) is 0.838. The molecule has 0 fully saturated rings. The van der Waals surface area contributed by atoms with Crippen LogP contribution in [0.3, 0.4) is 0 Å². The monoisotopic (exact) mass is 333 g/mol. The minimum absolute atomic E-state index is 0.117. The van der Waals surface area contributed by atoms with Gasteiger partial charge in [0.25, 0.3) is 5.91 Å². The van der Waals surface area contributed by atoms with E-state index in [4.69, 9.17) is 0 Å². The highest BCUT2D eigenvalue weighted by Gasteiger charge is 2.15. The lowest BCUT2D eigenvalue weighted by Crippen LogP contribution is -2.86. The standard InChI is InChI=1S/C19H22F2N2O/c1-4-14-7-5-6-12(2)19(14)23-18(24)11-22-13(3)15-8-9-16(20)17(21)10-15/h5-10,13,22H,4,11H2,1-3H3,(H,23,24)/p+1/t13-/m1/s1. The topological polar surface area (TPSA) is 45.7 Å². The van der Waals surface area contributed by atoms with Gasteiger partial charge in [0.1, 0.15) is 6.04 Å². The molecule has 0 aliphatic carbocycles. The number of quaternary nitrogens is 1. The van der Waals surface area contributed by atoms with E-state index in [0.29, 0.717) is 5.56 Å². The Hall–Kier alpha value is -2.27. The van der Waals surface area contributed by atoms with Crippen LogP contribution in [0.25, 0.3) is 0 Å². The number of halogens is 2. The van der Waals surface area contributed by atoms with E-state index in [1.54, 1.807) is 5.32 Å². The molecule has 5 heteroatoms. The molecule has 0 spiro atoms. The number of aryl methyl sites for hydroxylation is 2. The Morgan fingerprint density at radius 3 is 2.62 bits per heavy atom. The molecule has 3 N–H and O–H groups in total. The van der Waals surface area contributed by atoms with Crippen molar-refractivity contribution in [3.63, 3.8) is 0 Å². The van der Waals surface area contributed by atoms with Crippen molar-refractivity contribution in [1.29, 1.82) is 0 Å². The van der Waals surface area contributed by atoms with Gasteiger partial charge in [0.05, 0.1) is 0 Å². The summed E-state index contributed by atoms with van der Waals surface area (Å²) in [5.74, 6) is -1.85. The summed E-state index contributed by atoms with van der Waals surface area (Å²) in [5.41, 5.74) is 3.62. The predicted octanol–water partition coefficient (Wildman–Crippen LogP) is 3.10. The third kappa shape index (κ3) is 4.38. The largest absolute Gasteiger partial charge is 0.333 e. The fraction of sp³-hybridized carbons (Fsp3) is 0.316. The van der Waals surface area contributed by atoms with E-state index in [2.05, 4.69) is 5.32 Å². The van der Waals surface area contributed by atoms with Gasteiger partial charge >= 0.3 is 0 Å². The van der Waals surface area contributed by atoms with Gasteiger partial charge in [0.2, 0.25) is 0 Å². The smallest absolute Gasteiger partial charge is 0.279 e. The number of amides is 1. The fourth-order valence-corrected chi connectivity index (χ4v) is 2.61. The summed E-state index contributed by atoms with van der Waals surface area (Å²) in [4.78, 5) is 12.2. The van der Waals surface area contributed by atoms with Crippen LogP contribution in [0, 0.1) is 18.6 Å². The van der Waals surface area contributed by atoms with Gasteiger partial charge in [-0.2, -0.15) is 0 Å². The maximum Gasteiger partial charge on any atom is 0.279 e. The molecule has 24 heavy (non-hydrogen) atoms. The Kier molecular flexibility index (Phi) is 6.04. The van der Waals surface area contributed by atoms with Gasteiger partial charge in [-0.05, 0) is 49.6 Å². The van der Waals surface area contributed by atoms with Crippen LogP contribution in [0.4, 0.5) is 14.5 Å². The molecular formula is C19H23F2N2O+. The highest BCUT2D eigenvalue weighted by atomic mass is 19.2. The summed E-state index contributed by atoms with van der Waals surface area (Å²) in [6.45, 7) is 6.06. The first kappa shape index (κ1) is 18.1. The van der Waals surface area contributed by atoms with Crippen molar-refractivity contribution in [2.24, 2.45) is 0 Å². The van der Waals surface area contributed by atoms with Crippen LogP contribution in [-0.2, 0) is 11.2 Å². The third-order valence-corrected chi connectivity index (χ3v) is 4.13. The molecule has 0 aliphatic heterocycles. The Balaban J connectivity index is 1.97. The predicted molar refractivity (Wildman–Crippen MR) is 90.8 cm³/mol. The Morgan fingerprint density at radius 2 is 1.96 bits per heavy atom. The van der Waals surface area contributed by atoms with Gasteiger partial charge < -0.3 is 10.6 Å². The maximum atomic E-state index is 13.3. The molecule has 0 bridgehead atoms. The summed E-state index contributed by atoms with van der Waals surface area (Å²) >= 11 is 0. The molecule has 0 saturated heterocycles. The Labute approximate surface area is 141 Å². The number of para-hydroxylation sites is 1. The molecule has 128 valence electrons. The molecular weight excluding hydrogens is 310 g/mol. The van der Waals surface area contributed by atoms with Crippen LogP contribution in [-0.4, -0.2) is 12.5 Å². The minimum Gasteiger partial charge on any atom is -0.333 e. The average molecular weight is 333 g/mol. The number of nitrogens with two attached hydrogens (primary N) is 1. The molecule has 0 aliphatic rings. The van der Waals surface area contributed by atoms with Gasteiger partial charge in [-0.25, -0.2) is 8.78 Å². The number of benzene rings is 2. The Morgan fingerprint density at radius 1 is 1.21 bits per heavy atom. The molecule has 3 nitrogen and oxygen atoms in total. The van der Waals surface area contributed by atoms with Crippen LogP contribution in [0.15, 0.2) is 36.4 Å². The van der Waals surface area contributed by atoms with Crippen LogP contribution in [0.5, 0.6) is 0 Å². The molecule has 0 heterocycles. The lowest BCUT2D eigenvalue weighted by molar-refractivity contribution is -0.682. The number of carbonyl (C=O) groups excluding carboxylic acids is 1. The normalized spacial score (nSPS) is 12.0. The van der Waals surface area contributed by atoms with Crippen molar-refractivity contribution in [3.8, 4) is 0 Å². The fourth-order valence-electron chi connectivity index (χ4n) is 2.61. The number of anilines is 1. The van der Waals surface area contributed by atoms with Crippen LogP contribution in [0.2, 0.25) is 0 Å². The second-order valence-electron chi connectivity index (χ2n) is 5.91. The van der Waals surface area contributed by atoms with E-state index >= 15 is 0 Å². The number of rotatable bonds is 6. The highest BCUT2D eigenvalue weighted by Crippen LogP contribution is 2.20. The second-order valence-corrected chi connectivity index (χ2v) is 5.91. The van der Waals surface area contributed by atoms with Crippen molar-refractivity contribution in [1.82, 2.24) is 0 Å². The van der Waals surface area contributed by atoms with Gasteiger partial charge in [0, 0.05) is 11.3 Å². The zero-order valence-electron chi connectivity index (χ0n) is 14.2. The van der Waals surface area contributed by atoms with Crippen LogP contribution in [0.1, 0.15) is 36.6 Å². The van der Waals surface area contributed by atoms with Gasteiger partial charge in [-0.15, -0.1) is 0 Å². The molecule has 0 unspecified atom stereocenters. The zero-order valence-corrected chi connectivity index (χ0v) is 14.2. The number of carbonyl (C=O) groups is 1. The highest BCUT2D eigenvalue weighted by molar-refractivity contribution is 5.93. The third-order valence-electron chi connectivity index (χ3n) is 4.13. The van der Waals surface area contributed by atoms with Crippen LogP contribution >= 0.6 is 0 Å². The van der Waals surface area contributed by atoms with E-state index in [9.17, 15) is 13.6 Å². The Bertz CT molecular complexity index is 731. The second kappa shape index (κ2) is 8.02. The summed E-state index contributed by atoms with van der Waals surface area (Å²) in [6, 6.07) is 9.60. The summed E-state index contributed by atoms with van der Waals surface area (Å²) in [5, 5.41) is 4.75. The number of hydrogen-bond donors (Lipinski definition) is 2. The molecule has 0 saturated carbocycles. The van der Waals surface area contributed by atoms with E-state index < -0.39 is 11.6 Å². The maximum absolute atomic E-state index is 13.3. The number of nitrogens with one attached hydrogen (secondary N) is 1. The first-order valence-electron chi connectivity index (χ1n) is 8.09. The molecule has 1 amide bonds. The first-order valence-corrected chi connectivity index (χ1v) is 8.09. The SMILES string of the molecule is CCc1cccc(C)c1NC(=O)C[NH2+][C@H](C)c1ccc(F)c(F)c1. The van der Waals surface area contributed by atoms with E-state index in [1.807, 2.05) is 39.0 Å². The van der Waals surface area contributed by atoms with Crippen molar-refractivity contribution in [3.05, 3.63) is 64.7 Å². The summed E-state index contributed by atoms with van der Waals surface area (Å²) in [6.07, 6.45) is 0.840. The minimum atomic E-state index is -0.871. The van der Waals surface area contributed by atoms with Crippen molar-refractivity contribution < 1.29 is 18.9 Å². The lowest BCUT2D eigenvalue weighted by atomic mass is 10.1. The van der Waals surface area contributed by atoms with E-state index in [0.717, 1.165) is 29.3 Å². The molecule has 0 aromatic heterocycles. The number of hydrogen-bond acceptors (Lipinski definition) is 1. The molecule has 1 atom stereocenters. The summed E-state index contributed by atoms with van der Waals surface area (Å²) < 4.78 is 26.3. The lowest BCUT2D eigenvalue weighted by Gasteiger charge is -2.14. The molecule has 0 radical (unpaired) electrons.